The molecule has 1 atom stereocenters. The number of hydrogen-bond donors (Lipinski definition) is 1. The van der Waals surface area contributed by atoms with Gasteiger partial charge in [-0.2, -0.15) is 0 Å². The average Bonchev–Trinajstić information content (AvgIpc) is 3.29. The van der Waals surface area contributed by atoms with Crippen LogP contribution in [0.5, 0.6) is 11.5 Å². The van der Waals surface area contributed by atoms with E-state index < -0.39 is 23.5 Å². The van der Waals surface area contributed by atoms with Crippen molar-refractivity contribution in [3.8, 4) is 11.5 Å². The predicted molar refractivity (Wildman–Crippen MR) is 119 cm³/mol. The van der Waals surface area contributed by atoms with Gasteiger partial charge in [-0.3, -0.25) is 9.59 Å². The molecule has 8 nitrogen and oxygen atoms in total. The first-order chi connectivity index (χ1) is 15.3. The Hall–Kier alpha value is -2.68. The molecule has 1 N–H and O–H groups in total. The minimum atomic E-state index is -0.940. The number of halogens is 2. The average molecular weight is 484 g/mol. The molecule has 0 bridgehead atoms. The number of furan rings is 1. The number of ketones is 1. The summed E-state index contributed by atoms with van der Waals surface area (Å²) in [5.74, 6) is -0.971. The van der Waals surface area contributed by atoms with Crippen molar-refractivity contribution in [1.29, 1.82) is 0 Å². The van der Waals surface area contributed by atoms with E-state index in [0.29, 0.717) is 24.5 Å². The van der Waals surface area contributed by atoms with Crippen LogP contribution in [0.4, 0.5) is 0 Å². The smallest absolute Gasteiger partial charge is 0.295 e. The number of aliphatic hydroxyl groups excluding tert-OH is 1. The minimum absolute atomic E-state index is 0.0174. The first kappa shape index (κ1) is 24.0. The van der Waals surface area contributed by atoms with Crippen molar-refractivity contribution in [2.75, 3.05) is 34.5 Å². The lowest BCUT2D eigenvalue weighted by Crippen LogP contribution is -2.31. The number of rotatable bonds is 8. The van der Waals surface area contributed by atoms with Crippen molar-refractivity contribution in [3.63, 3.8) is 0 Å². The Kier molecular flexibility index (Phi) is 7.38. The largest absolute Gasteiger partial charge is 0.507 e. The highest BCUT2D eigenvalue weighted by molar-refractivity contribution is 6.47. The monoisotopic (exact) mass is 483 g/mol. The van der Waals surface area contributed by atoms with Crippen LogP contribution in [-0.4, -0.2) is 56.2 Å². The number of methoxy groups -OCH3 is 3. The molecule has 2 heterocycles. The zero-order valence-corrected chi connectivity index (χ0v) is 19.5. The number of aliphatic hydroxyl groups is 1. The zero-order valence-electron chi connectivity index (χ0n) is 18.0. The Morgan fingerprint density at radius 1 is 1.16 bits per heavy atom. The molecule has 32 heavy (non-hydrogen) atoms. The minimum Gasteiger partial charge on any atom is -0.507 e. The van der Waals surface area contributed by atoms with E-state index in [-0.39, 0.29) is 39.2 Å². The van der Waals surface area contributed by atoms with Crippen molar-refractivity contribution in [1.82, 2.24) is 4.90 Å². The summed E-state index contributed by atoms with van der Waals surface area (Å²) in [5.41, 5.74) is -0.108. The highest BCUT2D eigenvalue weighted by Gasteiger charge is 2.47. The van der Waals surface area contributed by atoms with Gasteiger partial charge in [-0.15, -0.1) is 0 Å². The molecule has 0 radical (unpaired) electrons. The molecule has 2 aromatic rings. The van der Waals surface area contributed by atoms with Crippen LogP contribution >= 0.6 is 23.2 Å². The van der Waals surface area contributed by atoms with Crippen molar-refractivity contribution >= 4 is 40.7 Å². The van der Waals surface area contributed by atoms with Crippen LogP contribution in [0, 0.1) is 6.92 Å². The molecule has 3 rings (SSSR count). The second kappa shape index (κ2) is 9.85. The van der Waals surface area contributed by atoms with Gasteiger partial charge in [0.05, 0.1) is 30.4 Å². The number of carbonyl (C=O) groups is 2. The van der Waals surface area contributed by atoms with Gasteiger partial charge in [0, 0.05) is 20.3 Å². The number of benzene rings is 1. The second-order valence-electron chi connectivity index (χ2n) is 7.07. The molecule has 1 amide bonds. The van der Waals surface area contributed by atoms with Gasteiger partial charge in [0.25, 0.3) is 11.7 Å². The van der Waals surface area contributed by atoms with Gasteiger partial charge < -0.3 is 28.6 Å². The fourth-order valence-corrected chi connectivity index (χ4v) is 4.36. The third-order valence-corrected chi connectivity index (χ3v) is 5.74. The summed E-state index contributed by atoms with van der Waals surface area (Å²) in [6.45, 7) is 2.36. The van der Waals surface area contributed by atoms with Gasteiger partial charge >= 0.3 is 0 Å². The number of likely N-dealkylation sites (tertiary alicyclic amines) is 1. The lowest BCUT2D eigenvalue weighted by Gasteiger charge is -2.23. The van der Waals surface area contributed by atoms with E-state index in [1.54, 1.807) is 26.2 Å². The summed E-state index contributed by atoms with van der Waals surface area (Å²) in [6.07, 6.45) is 0.489. The van der Waals surface area contributed by atoms with Crippen LogP contribution in [0.3, 0.4) is 0 Å². The number of hydrogen-bond acceptors (Lipinski definition) is 7. The first-order valence-corrected chi connectivity index (χ1v) is 10.5. The topological polar surface area (TPSA) is 98.4 Å². The normalized spacial score (nSPS) is 17.8. The number of Topliss-reactive ketones (excluding diaryl/α,β-unsaturated/α-hetero) is 1. The molecule has 1 aliphatic rings. The second-order valence-corrected chi connectivity index (χ2v) is 7.86. The third kappa shape index (κ3) is 4.18. The maximum Gasteiger partial charge on any atom is 0.295 e. The third-order valence-electron chi connectivity index (χ3n) is 5.11. The molecular weight excluding hydrogens is 461 g/mol. The summed E-state index contributed by atoms with van der Waals surface area (Å²) in [5, 5.41) is 11.4. The Bertz CT molecular complexity index is 1080. The number of aryl methyl sites for hydroxylation is 1. The molecule has 1 unspecified atom stereocenters. The Morgan fingerprint density at radius 2 is 1.84 bits per heavy atom. The highest BCUT2D eigenvalue weighted by atomic mass is 35.5. The number of amides is 1. The van der Waals surface area contributed by atoms with Crippen LogP contribution in [0.15, 0.2) is 28.2 Å². The quantitative estimate of drug-likeness (QED) is 0.257. The predicted octanol–water partition coefficient (Wildman–Crippen LogP) is 4.37. The van der Waals surface area contributed by atoms with Gasteiger partial charge in [-0.1, -0.05) is 23.2 Å². The maximum atomic E-state index is 13.0. The number of ether oxygens (including phenoxy) is 3. The summed E-state index contributed by atoms with van der Waals surface area (Å²) in [6, 6.07) is 3.80. The Balaban J connectivity index is 2.23. The summed E-state index contributed by atoms with van der Waals surface area (Å²) < 4.78 is 21.3. The zero-order chi connectivity index (χ0) is 23.6. The van der Waals surface area contributed by atoms with Crippen molar-refractivity contribution in [3.05, 3.63) is 50.9 Å². The molecule has 0 spiro atoms. The van der Waals surface area contributed by atoms with Crippen molar-refractivity contribution in [2.45, 2.75) is 19.4 Å². The lowest BCUT2D eigenvalue weighted by molar-refractivity contribution is -0.140. The van der Waals surface area contributed by atoms with Crippen LogP contribution in [-0.2, 0) is 14.3 Å². The van der Waals surface area contributed by atoms with Gasteiger partial charge in [0.2, 0.25) is 0 Å². The van der Waals surface area contributed by atoms with Gasteiger partial charge in [0.15, 0.2) is 11.5 Å². The van der Waals surface area contributed by atoms with E-state index in [9.17, 15) is 14.7 Å². The van der Waals surface area contributed by atoms with E-state index in [0.717, 1.165) is 0 Å². The number of carbonyl (C=O) groups excluding carboxylic acids is 2. The van der Waals surface area contributed by atoms with E-state index in [1.807, 2.05) is 0 Å². The van der Waals surface area contributed by atoms with Crippen LogP contribution in [0.1, 0.15) is 29.5 Å². The van der Waals surface area contributed by atoms with Crippen LogP contribution in [0.25, 0.3) is 5.76 Å². The molecule has 1 aliphatic heterocycles. The lowest BCUT2D eigenvalue weighted by atomic mass is 9.98. The summed E-state index contributed by atoms with van der Waals surface area (Å²) in [7, 11) is 4.28. The molecule has 1 saturated heterocycles. The SMILES string of the molecule is COCCCN1C(=O)C(=O)/C(=C(/O)c2cc(Cl)c(OC)c(Cl)c2OC)C1c1ccc(C)o1. The van der Waals surface area contributed by atoms with Gasteiger partial charge in [0.1, 0.15) is 28.3 Å². The van der Waals surface area contributed by atoms with E-state index >= 15 is 0 Å². The fourth-order valence-electron chi connectivity index (χ4n) is 3.68. The molecule has 0 saturated carbocycles. The molecular formula is C22H23Cl2NO7. The Labute approximate surface area is 195 Å². The van der Waals surface area contributed by atoms with E-state index in [4.69, 9.17) is 41.8 Å². The summed E-state index contributed by atoms with van der Waals surface area (Å²) >= 11 is 12.6. The van der Waals surface area contributed by atoms with Crippen LogP contribution in [0.2, 0.25) is 10.0 Å². The molecule has 0 aliphatic carbocycles. The van der Waals surface area contributed by atoms with Crippen LogP contribution < -0.4 is 9.47 Å². The molecule has 1 aromatic heterocycles. The summed E-state index contributed by atoms with van der Waals surface area (Å²) in [4.78, 5) is 27.3. The molecule has 1 aromatic carbocycles. The molecule has 172 valence electrons. The van der Waals surface area contributed by atoms with Crippen molar-refractivity contribution < 1.29 is 33.3 Å². The van der Waals surface area contributed by atoms with Crippen molar-refractivity contribution in [2.24, 2.45) is 0 Å². The fraction of sp³-hybridized carbons (Fsp3) is 0.364. The maximum absolute atomic E-state index is 13.0. The van der Waals surface area contributed by atoms with Gasteiger partial charge in [-0.05, 0) is 31.5 Å². The molecule has 10 heteroatoms. The number of nitrogens with zero attached hydrogens (tertiary/aromatic N) is 1. The van der Waals surface area contributed by atoms with E-state index in [1.165, 1.54) is 25.2 Å². The highest BCUT2D eigenvalue weighted by Crippen LogP contribution is 2.47. The van der Waals surface area contributed by atoms with E-state index in [2.05, 4.69) is 0 Å². The van der Waals surface area contributed by atoms with Gasteiger partial charge in [-0.25, -0.2) is 0 Å². The Morgan fingerprint density at radius 3 is 2.41 bits per heavy atom. The standard InChI is InChI=1S/C22H23Cl2NO7/c1-11-6-7-14(32-11)17-15(19(27)22(28)25(17)8-5-9-29-2)18(26)12-10-13(23)21(31-4)16(24)20(12)30-3/h6-7,10,17,26H,5,8-9H2,1-4H3/b18-15+. The first-order valence-electron chi connectivity index (χ1n) is 9.70. The molecule has 1 fully saturated rings.